The van der Waals surface area contributed by atoms with Crippen LogP contribution in [0.2, 0.25) is 0 Å². The first-order valence-electron chi connectivity index (χ1n) is 8.81. The molecule has 0 unspecified atom stereocenters. The molecule has 0 radical (unpaired) electrons. The van der Waals surface area contributed by atoms with Crippen LogP contribution in [0.4, 0.5) is 11.4 Å². The Balaban J connectivity index is 1.68. The summed E-state index contributed by atoms with van der Waals surface area (Å²) in [6, 6.07) is 21.4. The van der Waals surface area contributed by atoms with Crippen molar-refractivity contribution in [3.05, 3.63) is 78.4 Å². The number of hydrogen-bond donors (Lipinski definition) is 0. The molecule has 3 aromatic carbocycles. The lowest BCUT2D eigenvalue weighted by atomic mass is 10.1. The van der Waals surface area contributed by atoms with E-state index in [0.717, 1.165) is 26.7 Å². The Morgan fingerprint density at radius 1 is 0.857 bits per heavy atom. The van der Waals surface area contributed by atoms with E-state index < -0.39 is 0 Å². The molecule has 0 bridgehead atoms. The van der Waals surface area contributed by atoms with Crippen LogP contribution in [-0.4, -0.2) is 20.1 Å². The van der Waals surface area contributed by atoms with Gasteiger partial charge in [0.25, 0.3) is 5.91 Å². The standard InChI is InChI=1S/C23H19NO3S/c1-26-19-13-11-16(15-20(19)27-2)12-14-23(25)24-17-7-3-5-9-21(17)28-22-10-6-4-8-18(22)24/h3-15H,1-2H3. The van der Waals surface area contributed by atoms with E-state index in [4.69, 9.17) is 9.47 Å². The minimum absolute atomic E-state index is 0.102. The predicted octanol–water partition coefficient (Wildman–Crippen LogP) is 5.55. The van der Waals surface area contributed by atoms with Gasteiger partial charge in [-0.1, -0.05) is 42.1 Å². The van der Waals surface area contributed by atoms with Crippen LogP contribution in [0.5, 0.6) is 11.5 Å². The molecule has 1 amide bonds. The molecule has 1 aliphatic heterocycles. The average Bonchev–Trinajstić information content (AvgIpc) is 2.75. The third-order valence-corrected chi connectivity index (χ3v) is 5.61. The molecule has 0 saturated heterocycles. The van der Waals surface area contributed by atoms with Gasteiger partial charge in [-0.3, -0.25) is 9.69 Å². The van der Waals surface area contributed by atoms with Gasteiger partial charge in [0.15, 0.2) is 11.5 Å². The zero-order valence-electron chi connectivity index (χ0n) is 15.6. The second kappa shape index (κ2) is 7.82. The van der Waals surface area contributed by atoms with E-state index in [0.29, 0.717) is 11.5 Å². The summed E-state index contributed by atoms with van der Waals surface area (Å²) in [5.41, 5.74) is 2.65. The molecule has 0 atom stereocenters. The number of fused-ring (bicyclic) bond motifs is 2. The highest BCUT2D eigenvalue weighted by Gasteiger charge is 2.26. The molecule has 1 heterocycles. The molecule has 3 aromatic rings. The highest BCUT2D eigenvalue weighted by molar-refractivity contribution is 7.99. The molecular weight excluding hydrogens is 370 g/mol. The van der Waals surface area contributed by atoms with Crippen molar-refractivity contribution in [2.45, 2.75) is 9.79 Å². The van der Waals surface area contributed by atoms with Gasteiger partial charge in [0, 0.05) is 15.9 Å². The van der Waals surface area contributed by atoms with E-state index in [1.807, 2.05) is 66.7 Å². The molecule has 0 aliphatic carbocycles. The van der Waals surface area contributed by atoms with Crippen molar-refractivity contribution in [3.63, 3.8) is 0 Å². The summed E-state index contributed by atoms with van der Waals surface area (Å²) in [7, 11) is 3.19. The first kappa shape index (κ1) is 18.2. The fourth-order valence-electron chi connectivity index (χ4n) is 3.14. The molecule has 5 heteroatoms. The Kier molecular flexibility index (Phi) is 5.08. The maximum absolute atomic E-state index is 13.1. The topological polar surface area (TPSA) is 38.8 Å². The van der Waals surface area contributed by atoms with Gasteiger partial charge in [-0.15, -0.1) is 0 Å². The largest absolute Gasteiger partial charge is 0.493 e. The number of rotatable bonds is 4. The molecule has 0 spiro atoms. The van der Waals surface area contributed by atoms with Gasteiger partial charge in [0.2, 0.25) is 0 Å². The summed E-state index contributed by atoms with van der Waals surface area (Å²) in [4.78, 5) is 17.0. The molecule has 0 saturated carbocycles. The van der Waals surface area contributed by atoms with Crippen molar-refractivity contribution in [2.75, 3.05) is 19.1 Å². The van der Waals surface area contributed by atoms with Crippen LogP contribution in [-0.2, 0) is 4.79 Å². The third-order valence-electron chi connectivity index (χ3n) is 4.48. The highest BCUT2D eigenvalue weighted by Crippen LogP contribution is 2.47. The molecule has 28 heavy (non-hydrogen) atoms. The van der Waals surface area contributed by atoms with Gasteiger partial charge in [-0.25, -0.2) is 0 Å². The first-order valence-corrected chi connectivity index (χ1v) is 9.63. The molecule has 0 aromatic heterocycles. The second-order valence-corrected chi connectivity index (χ2v) is 7.24. The number of anilines is 2. The van der Waals surface area contributed by atoms with Gasteiger partial charge < -0.3 is 9.47 Å². The van der Waals surface area contributed by atoms with E-state index >= 15 is 0 Å². The summed E-state index contributed by atoms with van der Waals surface area (Å²) in [6.45, 7) is 0. The van der Waals surface area contributed by atoms with Gasteiger partial charge in [-0.2, -0.15) is 0 Å². The number of carbonyl (C=O) groups is 1. The quantitative estimate of drug-likeness (QED) is 0.549. The van der Waals surface area contributed by atoms with Gasteiger partial charge in [0.05, 0.1) is 25.6 Å². The Labute approximate surface area is 168 Å². The zero-order chi connectivity index (χ0) is 19.5. The van der Waals surface area contributed by atoms with Crippen molar-refractivity contribution in [1.82, 2.24) is 0 Å². The van der Waals surface area contributed by atoms with Crippen molar-refractivity contribution in [3.8, 4) is 11.5 Å². The summed E-state index contributed by atoms with van der Waals surface area (Å²) in [5, 5.41) is 0. The Hall–Kier alpha value is -3.18. The fourth-order valence-corrected chi connectivity index (χ4v) is 4.20. The van der Waals surface area contributed by atoms with Gasteiger partial charge >= 0.3 is 0 Å². The van der Waals surface area contributed by atoms with Crippen molar-refractivity contribution in [1.29, 1.82) is 0 Å². The smallest absolute Gasteiger partial charge is 0.255 e. The van der Waals surface area contributed by atoms with E-state index in [2.05, 4.69) is 0 Å². The summed E-state index contributed by atoms with van der Waals surface area (Å²) in [6.07, 6.45) is 3.38. The van der Waals surface area contributed by atoms with Crippen LogP contribution in [0.25, 0.3) is 6.08 Å². The minimum atomic E-state index is -0.102. The summed E-state index contributed by atoms with van der Waals surface area (Å²) >= 11 is 1.68. The molecule has 0 fully saturated rings. The van der Waals surface area contributed by atoms with E-state index in [9.17, 15) is 4.79 Å². The lowest BCUT2D eigenvalue weighted by Crippen LogP contribution is -2.26. The van der Waals surface area contributed by atoms with Crippen LogP contribution >= 0.6 is 11.8 Å². The van der Waals surface area contributed by atoms with Crippen LogP contribution in [0.1, 0.15) is 5.56 Å². The SMILES string of the molecule is COc1ccc(C=CC(=O)N2c3ccccc3Sc3ccccc32)cc1OC. The second-order valence-electron chi connectivity index (χ2n) is 6.16. The predicted molar refractivity (Wildman–Crippen MR) is 113 cm³/mol. The van der Waals surface area contributed by atoms with Crippen LogP contribution in [0.3, 0.4) is 0 Å². The third kappa shape index (κ3) is 3.37. The molecule has 4 rings (SSSR count). The van der Waals surface area contributed by atoms with E-state index in [1.54, 1.807) is 43.0 Å². The number of amides is 1. The van der Waals surface area contributed by atoms with Crippen LogP contribution < -0.4 is 14.4 Å². The minimum Gasteiger partial charge on any atom is -0.493 e. The van der Waals surface area contributed by atoms with Crippen molar-refractivity contribution >= 4 is 35.1 Å². The molecule has 1 aliphatic rings. The first-order chi connectivity index (χ1) is 13.7. The number of nitrogens with zero attached hydrogens (tertiary/aromatic N) is 1. The monoisotopic (exact) mass is 389 g/mol. The maximum atomic E-state index is 13.1. The van der Waals surface area contributed by atoms with Gasteiger partial charge in [0.1, 0.15) is 0 Å². The van der Waals surface area contributed by atoms with Gasteiger partial charge in [-0.05, 0) is 48.0 Å². The molecule has 4 nitrogen and oxygen atoms in total. The number of hydrogen-bond acceptors (Lipinski definition) is 4. The molecular formula is C23H19NO3S. The molecule has 0 N–H and O–H groups in total. The number of para-hydroxylation sites is 2. The number of ether oxygens (including phenoxy) is 2. The number of carbonyl (C=O) groups excluding carboxylic acids is 1. The Bertz CT molecular complexity index is 1020. The summed E-state index contributed by atoms with van der Waals surface area (Å²) in [5.74, 6) is 1.18. The maximum Gasteiger partial charge on any atom is 0.255 e. The van der Waals surface area contributed by atoms with E-state index in [-0.39, 0.29) is 5.91 Å². The fraction of sp³-hybridized carbons (Fsp3) is 0.0870. The van der Waals surface area contributed by atoms with Crippen LogP contribution in [0, 0.1) is 0 Å². The lowest BCUT2D eigenvalue weighted by Gasteiger charge is -2.30. The highest BCUT2D eigenvalue weighted by atomic mass is 32.2. The lowest BCUT2D eigenvalue weighted by molar-refractivity contribution is -0.113. The summed E-state index contributed by atoms with van der Waals surface area (Å²) < 4.78 is 10.6. The average molecular weight is 389 g/mol. The normalized spacial score (nSPS) is 12.4. The van der Waals surface area contributed by atoms with Crippen molar-refractivity contribution in [2.24, 2.45) is 0 Å². The molecule has 140 valence electrons. The number of benzene rings is 3. The Morgan fingerprint density at radius 3 is 2.07 bits per heavy atom. The zero-order valence-corrected chi connectivity index (χ0v) is 16.4. The van der Waals surface area contributed by atoms with E-state index in [1.165, 1.54) is 0 Å². The van der Waals surface area contributed by atoms with Crippen LogP contribution in [0.15, 0.2) is 82.6 Å². The Morgan fingerprint density at radius 2 is 1.46 bits per heavy atom. The van der Waals surface area contributed by atoms with Crippen molar-refractivity contribution < 1.29 is 14.3 Å². The number of methoxy groups -OCH3 is 2.